The molecule has 6 heteroatoms. The van der Waals surface area contributed by atoms with Gasteiger partial charge in [0.2, 0.25) is 0 Å². The van der Waals surface area contributed by atoms with Crippen LogP contribution in [0.2, 0.25) is 5.02 Å². The van der Waals surface area contributed by atoms with Gasteiger partial charge in [-0.25, -0.2) is 9.07 Å². The summed E-state index contributed by atoms with van der Waals surface area (Å²) in [5.74, 6) is -0.330. The fourth-order valence-electron chi connectivity index (χ4n) is 1.30. The summed E-state index contributed by atoms with van der Waals surface area (Å²) in [6.07, 6.45) is 1.77. The molecule has 2 aromatic rings. The Labute approximate surface area is 105 Å². The van der Waals surface area contributed by atoms with E-state index in [1.165, 1.54) is 6.07 Å². The molecule has 0 unspecified atom stereocenters. The number of hydrogen-bond acceptors (Lipinski definition) is 2. The zero-order valence-electron chi connectivity index (χ0n) is 8.20. The van der Waals surface area contributed by atoms with Gasteiger partial charge in [-0.2, -0.15) is 0 Å². The van der Waals surface area contributed by atoms with Crippen molar-refractivity contribution in [3.8, 4) is 0 Å². The molecule has 0 atom stereocenters. The van der Waals surface area contributed by atoms with Crippen LogP contribution in [0, 0.1) is 5.82 Å². The van der Waals surface area contributed by atoms with Crippen LogP contribution < -0.4 is 0 Å². The van der Waals surface area contributed by atoms with Gasteiger partial charge >= 0.3 is 0 Å². The summed E-state index contributed by atoms with van der Waals surface area (Å²) < 4.78 is 15.1. The van der Waals surface area contributed by atoms with Crippen molar-refractivity contribution < 1.29 is 4.39 Å². The lowest BCUT2D eigenvalue weighted by Crippen LogP contribution is -2.02. The molecule has 84 valence electrons. The molecule has 1 aromatic heterocycles. The fourth-order valence-corrected chi connectivity index (χ4v) is 1.72. The number of halogens is 3. The highest BCUT2D eigenvalue weighted by molar-refractivity contribution is 9.08. The summed E-state index contributed by atoms with van der Waals surface area (Å²) in [5, 5.41) is 8.80. The molecule has 0 N–H and O–H groups in total. The van der Waals surface area contributed by atoms with Crippen molar-refractivity contribution in [2.45, 2.75) is 11.9 Å². The Morgan fingerprint density at radius 2 is 2.25 bits per heavy atom. The third kappa shape index (κ3) is 2.59. The molecule has 1 heterocycles. The van der Waals surface area contributed by atoms with Crippen LogP contribution in [-0.2, 0) is 11.9 Å². The molecule has 0 bridgehead atoms. The topological polar surface area (TPSA) is 30.7 Å². The number of rotatable bonds is 3. The lowest BCUT2D eigenvalue weighted by Gasteiger charge is -2.02. The molecule has 0 amide bonds. The van der Waals surface area contributed by atoms with Crippen LogP contribution in [0.25, 0.3) is 0 Å². The van der Waals surface area contributed by atoms with Gasteiger partial charge in [0.05, 0.1) is 12.2 Å². The van der Waals surface area contributed by atoms with E-state index in [4.69, 9.17) is 11.6 Å². The van der Waals surface area contributed by atoms with Gasteiger partial charge in [-0.3, -0.25) is 0 Å². The zero-order chi connectivity index (χ0) is 11.5. The van der Waals surface area contributed by atoms with Crippen molar-refractivity contribution in [1.29, 1.82) is 0 Å². The van der Waals surface area contributed by atoms with E-state index in [1.807, 2.05) is 0 Å². The molecule has 0 saturated carbocycles. The van der Waals surface area contributed by atoms with Gasteiger partial charge in [0.15, 0.2) is 0 Å². The van der Waals surface area contributed by atoms with Crippen molar-refractivity contribution in [3.63, 3.8) is 0 Å². The van der Waals surface area contributed by atoms with Crippen LogP contribution in [0.1, 0.15) is 11.3 Å². The van der Waals surface area contributed by atoms with Crippen LogP contribution in [0.4, 0.5) is 4.39 Å². The minimum atomic E-state index is -0.330. The van der Waals surface area contributed by atoms with Crippen LogP contribution in [-0.4, -0.2) is 15.0 Å². The van der Waals surface area contributed by atoms with Gasteiger partial charge in [0.25, 0.3) is 0 Å². The Bertz CT molecular complexity index is 501. The first-order valence-electron chi connectivity index (χ1n) is 4.58. The van der Waals surface area contributed by atoms with Gasteiger partial charge in [0, 0.05) is 22.1 Å². The predicted octanol–water partition coefficient (Wildman–Crippen LogP) is 3.01. The Balaban J connectivity index is 2.20. The third-order valence-corrected chi connectivity index (χ3v) is 2.88. The summed E-state index contributed by atoms with van der Waals surface area (Å²) >= 11 is 8.94. The predicted molar refractivity (Wildman–Crippen MR) is 63.2 cm³/mol. The van der Waals surface area contributed by atoms with E-state index in [1.54, 1.807) is 23.0 Å². The quantitative estimate of drug-likeness (QED) is 0.816. The van der Waals surface area contributed by atoms with Gasteiger partial charge in [-0.05, 0) is 12.1 Å². The third-order valence-electron chi connectivity index (χ3n) is 2.07. The van der Waals surface area contributed by atoms with E-state index < -0.39 is 0 Å². The average Bonchev–Trinajstić information content (AvgIpc) is 2.70. The SMILES string of the molecule is Fc1cc(Cl)ccc1Cn1cc(CBr)nn1. The molecule has 0 aliphatic carbocycles. The Kier molecular flexibility index (Phi) is 3.56. The van der Waals surface area contributed by atoms with Crippen LogP contribution in [0.3, 0.4) is 0 Å². The smallest absolute Gasteiger partial charge is 0.129 e. The number of alkyl halides is 1. The van der Waals surface area contributed by atoms with Crippen LogP contribution >= 0.6 is 27.5 Å². The fraction of sp³-hybridized carbons (Fsp3) is 0.200. The van der Waals surface area contributed by atoms with Gasteiger partial charge in [-0.1, -0.05) is 38.8 Å². The van der Waals surface area contributed by atoms with E-state index in [0.29, 0.717) is 22.5 Å². The highest BCUT2D eigenvalue weighted by atomic mass is 79.9. The maximum absolute atomic E-state index is 13.5. The van der Waals surface area contributed by atoms with Gasteiger partial charge in [0.1, 0.15) is 5.82 Å². The van der Waals surface area contributed by atoms with Crippen LogP contribution in [0.15, 0.2) is 24.4 Å². The minimum absolute atomic E-state index is 0.330. The standard InChI is InChI=1S/C10H8BrClFN3/c11-4-9-6-16(15-14-9)5-7-1-2-8(12)3-10(7)13/h1-3,6H,4-5H2. The lowest BCUT2D eigenvalue weighted by molar-refractivity contribution is 0.577. The molecule has 0 aliphatic rings. The van der Waals surface area contributed by atoms with Crippen LogP contribution in [0.5, 0.6) is 0 Å². The first-order valence-corrected chi connectivity index (χ1v) is 6.08. The maximum atomic E-state index is 13.5. The van der Waals surface area contributed by atoms with E-state index >= 15 is 0 Å². The largest absolute Gasteiger partial charge is 0.248 e. The molecular weight excluding hydrogens is 296 g/mol. The first-order chi connectivity index (χ1) is 7.69. The monoisotopic (exact) mass is 303 g/mol. The van der Waals surface area contributed by atoms with Crippen molar-refractivity contribution in [2.75, 3.05) is 0 Å². The molecule has 3 nitrogen and oxygen atoms in total. The highest BCUT2D eigenvalue weighted by Gasteiger charge is 2.05. The first kappa shape index (κ1) is 11.5. The second-order valence-corrected chi connectivity index (χ2v) is 4.27. The number of hydrogen-bond donors (Lipinski definition) is 0. The van der Waals surface area contributed by atoms with E-state index in [-0.39, 0.29) is 5.82 Å². The van der Waals surface area contributed by atoms with E-state index in [0.717, 1.165) is 5.69 Å². The molecule has 0 aliphatic heterocycles. The molecular formula is C10H8BrClFN3. The molecule has 0 fully saturated rings. The number of nitrogens with zero attached hydrogens (tertiary/aromatic N) is 3. The summed E-state index contributed by atoms with van der Waals surface area (Å²) in [6.45, 7) is 0.350. The Morgan fingerprint density at radius 1 is 1.44 bits per heavy atom. The Morgan fingerprint density at radius 3 is 2.88 bits per heavy atom. The molecule has 0 saturated heterocycles. The maximum Gasteiger partial charge on any atom is 0.129 e. The molecule has 1 aromatic carbocycles. The summed E-state index contributed by atoms with van der Waals surface area (Å²) in [6, 6.07) is 4.59. The number of benzene rings is 1. The van der Waals surface area contributed by atoms with E-state index in [9.17, 15) is 4.39 Å². The average molecular weight is 305 g/mol. The van der Waals surface area contributed by atoms with E-state index in [2.05, 4.69) is 26.2 Å². The summed E-state index contributed by atoms with van der Waals surface area (Å²) in [7, 11) is 0. The van der Waals surface area contributed by atoms with Crippen molar-refractivity contribution in [1.82, 2.24) is 15.0 Å². The second kappa shape index (κ2) is 4.93. The number of aromatic nitrogens is 3. The van der Waals surface area contributed by atoms with Crippen molar-refractivity contribution >= 4 is 27.5 Å². The molecule has 2 rings (SSSR count). The normalized spacial score (nSPS) is 10.7. The second-order valence-electron chi connectivity index (χ2n) is 3.28. The molecule has 16 heavy (non-hydrogen) atoms. The van der Waals surface area contributed by atoms with Gasteiger partial charge < -0.3 is 0 Å². The Hall–Kier alpha value is -0.940. The van der Waals surface area contributed by atoms with Crippen molar-refractivity contribution in [3.05, 3.63) is 46.5 Å². The highest BCUT2D eigenvalue weighted by Crippen LogP contribution is 2.15. The summed E-state index contributed by atoms with van der Waals surface area (Å²) in [4.78, 5) is 0. The van der Waals surface area contributed by atoms with Gasteiger partial charge in [-0.15, -0.1) is 5.10 Å². The molecule has 0 radical (unpaired) electrons. The van der Waals surface area contributed by atoms with Crippen molar-refractivity contribution in [2.24, 2.45) is 0 Å². The minimum Gasteiger partial charge on any atom is -0.248 e. The zero-order valence-corrected chi connectivity index (χ0v) is 10.5. The lowest BCUT2D eigenvalue weighted by atomic mass is 10.2. The molecule has 0 spiro atoms. The summed E-state index contributed by atoms with van der Waals surface area (Å²) in [5.41, 5.74) is 1.35.